The second kappa shape index (κ2) is 6.71. The van der Waals surface area contributed by atoms with Gasteiger partial charge in [-0.05, 0) is 13.3 Å². The van der Waals surface area contributed by atoms with Crippen molar-refractivity contribution in [2.24, 2.45) is 16.8 Å². The van der Waals surface area contributed by atoms with Crippen LogP contribution in [-0.2, 0) is 0 Å². The monoisotopic (exact) mass is 187 g/mol. The molecule has 2 unspecified atom stereocenters. The van der Waals surface area contributed by atoms with Gasteiger partial charge in [-0.1, -0.05) is 25.4 Å². The first kappa shape index (κ1) is 12.2. The minimum atomic E-state index is 0.0873. The molecule has 0 aliphatic heterocycles. The highest BCUT2D eigenvalue weighted by molar-refractivity contribution is 5.82. The summed E-state index contributed by atoms with van der Waals surface area (Å²) in [5.41, 5.74) is 5.44. The van der Waals surface area contributed by atoms with Crippen LogP contribution in [0.5, 0.6) is 0 Å². The van der Waals surface area contributed by atoms with Gasteiger partial charge < -0.3 is 16.3 Å². The third-order valence-electron chi connectivity index (χ3n) is 2.11. The molecular formula is C9H21N3O. The fourth-order valence-electron chi connectivity index (χ4n) is 1.12. The van der Waals surface area contributed by atoms with Crippen LogP contribution in [0.3, 0.4) is 0 Å². The van der Waals surface area contributed by atoms with Gasteiger partial charge in [-0.2, -0.15) is 0 Å². The molecular weight excluding hydrogens is 166 g/mol. The van der Waals surface area contributed by atoms with Gasteiger partial charge in [0, 0.05) is 18.5 Å². The second-order valence-electron chi connectivity index (χ2n) is 3.52. The summed E-state index contributed by atoms with van der Waals surface area (Å²) in [5.74, 6) is 0.375. The van der Waals surface area contributed by atoms with E-state index in [2.05, 4.69) is 24.3 Å². The van der Waals surface area contributed by atoms with Gasteiger partial charge in [0.25, 0.3) is 0 Å². The minimum absolute atomic E-state index is 0.0873. The van der Waals surface area contributed by atoms with Crippen LogP contribution in [0.1, 0.15) is 33.6 Å². The Hall–Kier alpha value is -0.770. The molecule has 0 fully saturated rings. The molecule has 0 aromatic carbocycles. The lowest BCUT2D eigenvalue weighted by atomic mass is 10.1. The molecule has 0 spiro atoms. The van der Waals surface area contributed by atoms with Crippen molar-refractivity contribution in [1.29, 1.82) is 0 Å². The third-order valence-corrected chi connectivity index (χ3v) is 2.11. The van der Waals surface area contributed by atoms with Crippen LogP contribution in [-0.4, -0.2) is 23.6 Å². The van der Waals surface area contributed by atoms with Gasteiger partial charge >= 0.3 is 0 Å². The summed E-state index contributed by atoms with van der Waals surface area (Å²) in [6, 6.07) is 0.499. The molecule has 0 amide bonds. The van der Waals surface area contributed by atoms with Crippen molar-refractivity contribution in [2.75, 3.05) is 6.54 Å². The van der Waals surface area contributed by atoms with Crippen LogP contribution in [0.15, 0.2) is 5.16 Å². The number of nitrogens with two attached hydrogens (primary N) is 1. The van der Waals surface area contributed by atoms with Gasteiger partial charge in [0.15, 0.2) is 0 Å². The van der Waals surface area contributed by atoms with Gasteiger partial charge in [0.05, 0.1) is 0 Å². The molecule has 0 heterocycles. The molecule has 4 N–H and O–H groups in total. The van der Waals surface area contributed by atoms with E-state index in [-0.39, 0.29) is 11.8 Å². The number of nitrogens with zero attached hydrogens (tertiary/aromatic N) is 1. The van der Waals surface area contributed by atoms with E-state index in [1.807, 2.05) is 6.92 Å². The van der Waals surface area contributed by atoms with E-state index in [1.165, 1.54) is 6.42 Å². The zero-order chi connectivity index (χ0) is 10.3. The molecule has 4 heteroatoms. The fourth-order valence-corrected chi connectivity index (χ4v) is 1.12. The van der Waals surface area contributed by atoms with E-state index in [0.717, 1.165) is 13.0 Å². The molecule has 0 saturated carbocycles. The first-order valence-corrected chi connectivity index (χ1v) is 4.82. The van der Waals surface area contributed by atoms with Crippen molar-refractivity contribution in [1.82, 2.24) is 5.32 Å². The van der Waals surface area contributed by atoms with Crippen LogP contribution >= 0.6 is 0 Å². The topological polar surface area (TPSA) is 70.6 Å². The predicted octanol–water partition coefficient (Wildman–Crippen LogP) is 1.15. The Morgan fingerprint density at radius 1 is 1.54 bits per heavy atom. The zero-order valence-corrected chi connectivity index (χ0v) is 8.75. The van der Waals surface area contributed by atoms with Crippen LogP contribution in [0.2, 0.25) is 0 Å². The Morgan fingerprint density at radius 3 is 2.62 bits per heavy atom. The van der Waals surface area contributed by atoms with Crippen molar-refractivity contribution < 1.29 is 5.21 Å². The fraction of sp³-hybridized carbons (Fsp3) is 0.889. The molecule has 0 radical (unpaired) electrons. The highest BCUT2D eigenvalue weighted by Crippen LogP contribution is 1.97. The molecule has 0 saturated heterocycles. The normalized spacial score (nSPS) is 17.0. The van der Waals surface area contributed by atoms with E-state index in [4.69, 9.17) is 10.9 Å². The number of hydrogen-bond donors (Lipinski definition) is 3. The van der Waals surface area contributed by atoms with Gasteiger partial charge in [-0.3, -0.25) is 0 Å². The Bertz CT molecular complexity index is 159. The van der Waals surface area contributed by atoms with Crippen molar-refractivity contribution >= 4 is 5.84 Å². The van der Waals surface area contributed by atoms with E-state index in [9.17, 15) is 0 Å². The third kappa shape index (κ3) is 5.47. The maximum Gasteiger partial charge on any atom is 0.143 e. The van der Waals surface area contributed by atoms with Crippen molar-refractivity contribution in [2.45, 2.75) is 39.7 Å². The first-order chi connectivity index (χ1) is 6.11. The Morgan fingerprint density at radius 2 is 2.15 bits per heavy atom. The lowest BCUT2D eigenvalue weighted by Crippen LogP contribution is -2.35. The average molecular weight is 187 g/mol. The zero-order valence-electron chi connectivity index (χ0n) is 8.75. The summed E-state index contributed by atoms with van der Waals surface area (Å²) < 4.78 is 0. The summed E-state index contributed by atoms with van der Waals surface area (Å²) in [7, 11) is 0. The highest BCUT2D eigenvalue weighted by atomic mass is 16.4. The molecule has 13 heavy (non-hydrogen) atoms. The molecule has 0 bridgehead atoms. The largest absolute Gasteiger partial charge is 0.409 e. The number of oxime groups is 1. The lowest BCUT2D eigenvalue weighted by molar-refractivity contribution is 0.313. The van der Waals surface area contributed by atoms with E-state index in [0.29, 0.717) is 6.04 Å². The van der Waals surface area contributed by atoms with E-state index < -0.39 is 0 Å². The van der Waals surface area contributed by atoms with E-state index >= 15 is 0 Å². The second-order valence-corrected chi connectivity index (χ2v) is 3.52. The average Bonchev–Trinajstić information content (AvgIpc) is 2.13. The first-order valence-electron chi connectivity index (χ1n) is 4.82. The molecule has 0 rings (SSSR count). The van der Waals surface area contributed by atoms with Gasteiger partial charge in [0.2, 0.25) is 0 Å². The molecule has 0 aliphatic carbocycles. The highest BCUT2D eigenvalue weighted by Gasteiger charge is 2.08. The van der Waals surface area contributed by atoms with Crippen molar-refractivity contribution in [3.8, 4) is 0 Å². The molecule has 0 aromatic heterocycles. The van der Waals surface area contributed by atoms with Gasteiger partial charge in [0.1, 0.15) is 5.84 Å². The van der Waals surface area contributed by atoms with Crippen LogP contribution in [0.4, 0.5) is 0 Å². The number of rotatable bonds is 6. The quantitative estimate of drug-likeness (QED) is 0.253. The number of hydrogen-bond acceptors (Lipinski definition) is 3. The van der Waals surface area contributed by atoms with E-state index in [1.54, 1.807) is 0 Å². The summed E-state index contributed by atoms with van der Waals surface area (Å²) in [5, 5.41) is 14.7. The molecule has 78 valence electrons. The smallest absolute Gasteiger partial charge is 0.143 e. The standard InChI is InChI=1S/C9H21N3O/c1-4-5-8(3)11-6-7(2)9(10)12-13/h7-8,11,13H,4-6H2,1-3H3,(H2,10,12). The number of amidine groups is 1. The Balaban J connectivity index is 3.63. The molecule has 0 aliphatic rings. The van der Waals surface area contributed by atoms with Gasteiger partial charge in [-0.15, -0.1) is 0 Å². The summed E-state index contributed by atoms with van der Waals surface area (Å²) in [4.78, 5) is 0. The predicted molar refractivity (Wildman–Crippen MR) is 54.9 cm³/mol. The molecule has 2 atom stereocenters. The minimum Gasteiger partial charge on any atom is -0.409 e. The summed E-state index contributed by atoms with van der Waals surface area (Å²) >= 11 is 0. The molecule has 0 aromatic rings. The molecule has 4 nitrogen and oxygen atoms in total. The maximum absolute atomic E-state index is 8.41. The Labute approximate surface area is 80.2 Å². The summed E-state index contributed by atoms with van der Waals surface area (Å²) in [6.45, 7) is 6.99. The lowest BCUT2D eigenvalue weighted by Gasteiger charge is -2.16. The van der Waals surface area contributed by atoms with Gasteiger partial charge in [-0.25, -0.2) is 0 Å². The van der Waals surface area contributed by atoms with Crippen molar-refractivity contribution in [3.05, 3.63) is 0 Å². The maximum atomic E-state index is 8.41. The number of nitrogens with one attached hydrogen (secondary N) is 1. The SMILES string of the molecule is CCCC(C)NCC(C)C(N)=NO. The van der Waals surface area contributed by atoms with Crippen LogP contribution < -0.4 is 11.1 Å². The Kier molecular flexibility index (Phi) is 6.32. The van der Waals surface area contributed by atoms with Crippen LogP contribution in [0, 0.1) is 5.92 Å². The van der Waals surface area contributed by atoms with Crippen LogP contribution in [0.25, 0.3) is 0 Å². The van der Waals surface area contributed by atoms with Crippen molar-refractivity contribution in [3.63, 3.8) is 0 Å². The summed E-state index contributed by atoms with van der Waals surface area (Å²) in [6.07, 6.45) is 2.33.